The van der Waals surface area contributed by atoms with Crippen molar-refractivity contribution >= 4 is 28.3 Å². The molecule has 0 atom stereocenters. The van der Waals surface area contributed by atoms with Gasteiger partial charge in [0.2, 0.25) is 5.91 Å². The van der Waals surface area contributed by atoms with Crippen molar-refractivity contribution in [3.05, 3.63) is 40.7 Å². The molecule has 0 spiro atoms. The van der Waals surface area contributed by atoms with E-state index in [4.69, 9.17) is 0 Å². The highest BCUT2D eigenvalue weighted by Gasteiger charge is 2.21. The highest BCUT2D eigenvalue weighted by atomic mass is 32.1. The number of amides is 2. The first-order valence-electron chi connectivity index (χ1n) is 6.69. The molecule has 21 heavy (non-hydrogen) atoms. The lowest BCUT2D eigenvalue weighted by Gasteiger charge is -2.01. The van der Waals surface area contributed by atoms with Gasteiger partial charge in [0.1, 0.15) is 4.88 Å². The second-order valence-electron chi connectivity index (χ2n) is 4.74. The molecule has 2 aromatic heterocycles. The molecule has 0 saturated carbocycles. The largest absolute Gasteiger partial charge is 0.351 e. The van der Waals surface area contributed by atoms with Gasteiger partial charge in [-0.1, -0.05) is 17.4 Å². The van der Waals surface area contributed by atoms with E-state index in [9.17, 15) is 9.59 Å². The van der Waals surface area contributed by atoms with Crippen LogP contribution in [0.2, 0.25) is 0 Å². The fourth-order valence-electron chi connectivity index (χ4n) is 2.14. The highest BCUT2D eigenvalue weighted by molar-refractivity contribution is 7.17. The molecule has 3 rings (SSSR count). The zero-order valence-electron chi connectivity index (χ0n) is 11.3. The van der Waals surface area contributed by atoms with E-state index in [2.05, 4.69) is 20.6 Å². The van der Waals surface area contributed by atoms with Crippen molar-refractivity contribution in [1.82, 2.24) is 15.3 Å². The number of aromatic nitrogens is 2. The third-order valence-corrected chi connectivity index (χ3v) is 4.13. The van der Waals surface area contributed by atoms with Crippen molar-refractivity contribution in [1.29, 1.82) is 0 Å². The second kappa shape index (κ2) is 6.01. The number of carbonyl (C=O) groups excluding carboxylic acids is 2. The lowest BCUT2D eigenvalue weighted by atomic mass is 10.2. The minimum atomic E-state index is -0.160. The predicted molar refractivity (Wildman–Crippen MR) is 79.3 cm³/mol. The van der Waals surface area contributed by atoms with E-state index in [1.807, 2.05) is 6.07 Å². The molecular formula is C14H14N4O2S. The van der Waals surface area contributed by atoms with Crippen LogP contribution < -0.4 is 10.6 Å². The molecular weight excluding hydrogens is 288 g/mol. The molecule has 0 bridgehead atoms. The molecule has 108 valence electrons. The summed E-state index contributed by atoms with van der Waals surface area (Å²) in [6.07, 6.45) is 5.18. The molecule has 3 heterocycles. The van der Waals surface area contributed by atoms with Gasteiger partial charge in [-0.05, 0) is 24.5 Å². The molecule has 7 heteroatoms. The molecule has 0 fully saturated rings. The van der Waals surface area contributed by atoms with Crippen molar-refractivity contribution in [3.63, 3.8) is 0 Å². The molecule has 0 aliphatic carbocycles. The normalized spacial score (nSPS) is 14.0. The monoisotopic (exact) mass is 302 g/mol. The van der Waals surface area contributed by atoms with Crippen LogP contribution in [0.15, 0.2) is 24.5 Å². The average molecular weight is 302 g/mol. The maximum absolute atomic E-state index is 12.0. The summed E-state index contributed by atoms with van der Waals surface area (Å²) in [5.41, 5.74) is 1.61. The van der Waals surface area contributed by atoms with Crippen LogP contribution >= 0.6 is 11.3 Å². The van der Waals surface area contributed by atoms with Crippen LogP contribution in [-0.4, -0.2) is 28.3 Å². The van der Waals surface area contributed by atoms with Gasteiger partial charge >= 0.3 is 0 Å². The molecule has 1 aliphatic rings. The number of rotatable bonds is 3. The summed E-state index contributed by atoms with van der Waals surface area (Å²) in [6.45, 7) is 0.671. The minimum Gasteiger partial charge on any atom is -0.351 e. The second-order valence-corrected chi connectivity index (χ2v) is 5.74. The number of thiazole rings is 1. The Labute approximate surface area is 125 Å². The highest BCUT2D eigenvalue weighted by Crippen LogP contribution is 2.25. The summed E-state index contributed by atoms with van der Waals surface area (Å²) >= 11 is 1.22. The van der Waals surface area contributed by atoms with Crippen LogP contribution in [-0.2, 0) is 17.6 Å². The number of carbonyl (C=O) groups is 2. The van der Waals surface area contributed by atoms with Gasteiger partial charge in [0.15, 0.2) is 5.13 Å². The number of nitrogens with zero attached hydrogens (tertiary/aromatic N) is 2. The van der Waals surface area contributed by atoms with E-state index in [1.165, 1.54) is 11.3 Å². The average Bonchev–Trinajstić information content (AvgIpc) is 2.79. The van der Waals surface area contributed by atoms with Crippen LogP contribution in [0, 0.1) is 0 Å². The Morgan fingerprint density at radius 1 is 1.48 bits per heavy atom. The van der Waals surface area contributed by atoms with Crippen molar-refractivity contribution in [2.24, 2.45) is 0 Å². The Morgan fingerprint density at radius 3 is 3.19 bits per heavy atom. The van der Waals surface area contributed by atoms with Crippen molar-refractivity contribution in [2.45, 2.75) is 19.3 Å². The third kappa shape index (κ3) is 3.25. The van der Waals surface area contributed by atoms with E-state index in [0.29, 0.717) is 16.6 Å². The summed E-state index contributed by atoms with van der Waals surface area (Å²) in [5, 5.41) is 6.04. The molecule has 2 N–H and O–H groups in total. The number of fused-ring (bicyclic) bond motifs is 1. The SMILES string of the molecule is O=C(Cc1cccnc1)Nc1nc2c(s1)C(=O)NCCC2. The molecule has 0 unspecified atom stereocenters. The quantitative estimate of drug-likeness (QED) is 0.897. The predicted octanol–water partition coefficient (Wildman–Crippen LogP) is 1.40. The Morgan fingerprint density at radius 2 is 2.38 bits per heavy atom. The van der Waals surface area contributed by atoms with Gasteiger partial charge < -0.3 is 10.6 Å². The Hall–Kier alpha value is -2.28. The molecule has 0 radical (unpaired) electrons. The van der Waals surface area contributed by atoms with Crippen LogP contribution in [0.5, 0.6) is 0 Å². The number of hydrogen-bond donors (Lipinski definition) is 2. The van der Waals surface area contributed by atoms with Gasteiger partial charge in [-0.15, -0.1) is 0 Å². The van der Waals surface area contributed by atoms with Crippen LogP contribution in [0.25, 0.3) is 0 Å². The lowest BCUT2D eigenvalue weighted by Crippen LogP contribution is -2.21. The first-order chi connectivity index (χ1) is 10.2. The summed E-state index contributed by atoms with van der Waals surface area (Å²) < 4.78 is 0. The number of aryl methyl sites for hydroxylation is 1. The van der Waals surface area contributed by atoms with Gasteiger partial charge in [0.05, 0.1) is 12.1 Å². The Balaban J connectivity index is 1.69. The van der Waals surface area contributed by atoms with Crippen molar-refractivity contribution in [2.75, 3.05) is 11.9 Å². The first-order valence-corrected chi connectivity index (χ1v) is 7.50. The van der Waals surface area contributed by atoms with Crippen LogP contribution in [0.4, 0.5) is 5.13 Å². The van der Waals surface area contributed by atoms with Gasteiger partial charge in [-0.2, -0.15) is 0 Å². The summed E-state index contributed by atoms with van der Waals surface area (Å²) in [7, 11) is 0. The Bertz CT molecular complexity index is 669. The van der Waals surface area contributed by atoms with Crippen molar-refractivity contribution < 1.29 is 9.59 Å². The van der Waals surface area contributed by atoms with Gasteiger partial charge in [-0.3, -0.25) is 14.6 Å². The number of anilines is 1. The van der Waals surface area contributed by atoms with Gasteiger partial charge in [0, 0.05) is 18.9 Å². The Kier molecular flexibility index (Phi) is 3.92. The molecule has 2 aromatic rings. The fraction of sp³-hybridized carbons (Fsp3) is 0.286. The number of hydrogen-bond acceptors (Lipinski definition) is 5. The maximum atomic E-state index is 12.0. The summed E-state index contributed by atoms with van der Waals surface area (Å²) in [4.78, 5) is 32.7. The third-order valence-electron chi connectivity index (χ3n) is 3.11. The summed E-state index contributed by atoms with van der Waals surface area (Å²) in [6, 6.07) is 3.63. The van der Waals surface area contributed by atoms with E-state index in [0.717, 1.165) is 24.1 Å². The molecule has 6 nitrogen and oxygen atoms in total. The van der Waals surface area contributed by atoms with Gasteiger partial charge in [-0.25, -0.2) is 4.98 Å². The van der Waals surface area contributed by atoms with Crippen molar-refractivity contribution in [3.8, 4) is 0 Å². The lowest BCUT2D eigenvalue weighted by molar-refractivity contribution is -0.115. The number of pyridine rings is 1. The van der Waals surface area contributed by atoms with E-state index >= 15 is 0 Å². The minimum absolute atomic E-state index is 0.104. The zero-order valence-corrected chi connectivity index (χ0v) is 12.1. The van der Waals surface area contributed by atoms with Crippen LogP contribution in [0.3, 0.4) is 0 Å². The van der Waals surface area contributed by atoms with E-state index in [-0.39, 0.29) is 18.2 Å². The molecule has 0 saturated heterocycles. The summed E-state index contributed by atoms with van der Waals surface area (Å²) in [5.74, 6) is -0.264. The smallest absolute Gasteiger partial charge is 0.263 e. The molecule has 0 aromatic carbocycles. The van der Waals surface area contributed by atoms with E-state index in [1.54, 1.807) is 18.5 Å². The maximum Gasteiger partial charge on any atom is 0.263 e. The van der Waals surface area contributed by atoms with Gasteiger partial charge in [0.25, 0.3) is 5.91 Å². The number of nitrogens with one attached hydrogen (secondary N) is 2. The topological polar surface area (TPSA) is 84.0 Å². The first kappa shape index (κ1) is 13.7. The van der Waals surface area contributed by atoms with Crippen LogP contribution in [0.1, 0.15) is 27.3 Å². The molecule has 1 aliphatic heterocycles. The van der Waals surface area contributed by atoms with E-state index < -0.39 is 0 Å². The standard InChI is InChI=1S/C14H14N4O2S/c19-11(7-9-3-1-5-15-8-9)18-14-17-10-4-2-6-16-13(20)12(10)21-14/h1,3,5,8H,2,4,6-7H2,(H,16,20)(H,17,18,19). The zero-order chi connectivity index (χ0) is 14.7. The fourth-order valence-corrected chi connectivity index (χ4v) is 3.09. The molecule has 2 amide bonds.